The molecule has 1 saturated heterocycles. The molecule has 0 radical (unpaired) electrons. The van der Waals surface area contributed by atoms with Gasteiger partial charge in [-0.1, -0.05) is 39.0 Å². The average molecular weight is 199 g/mol. The molecule has 1 heterocycles. The summed E-state index contributed by atoms with van der Waals surface area (Å²) in [6, 6.07) is 0.644. The quantitative estimate of drug-likeness (QED) is 0.607. The first-order valence-corrected chi connectivity index (χ1v) is 6.24. The van der Waals surface area contributed by atoms with Gasteiger partial charge in [-0.15, -0.1) is 0 Å². The average Bonchev–Trinajstić information content (AvgIpc) is 2.69. The van der Waals surface area contributed by atoms with Crippen LogP contribution in [0.5, 0.6) is 0 Å². The van der Waals surface area contributed by atoms with Crippen molar-refractivity contribution in [3.63, 3.8) is 0 Å². The Bertz CT molecular complexity index is 121. The van der Waals surface area contributed by atoms with Gasteiger partial charge in [-0.3, -0.25) is 0 Å². The van der Waals surface area contributed by atoms with Crippen LogP contribution in [0.3, 0.4) is 0 Å². The molecule has 1 aliphatic heterocycles. The molecule has 1 fully saturated rings. The number of unbranched alkanes of at least 4 members (excludes halogenated alkanes) is 5. The summed E-state index contributed by atoms with van der Waals surface area (Å²) in [6.07, 6.45) is 9.51. The standard InChI is InChI=1S/C12H25NO/c1-2-3-4-5-6-7-9-13-12-8-10-14-11-12/h12-13H,2-11H2,1H3. The molecule has 0 bridgehead atoms. The summed E-state index contributed by atoms with van der Waals surface area (Å²) in [5.74, 6) is 0. The smallest absolute Gasteiger partial charge is 0.0620 e. The van der Waals surface area contributed by atoms with Gasteiger partial charge in [0, 0.05) is 12.6 Å². The Kier molecular flexibility index (Phi) is 7.06. The lowest BCUT2D eigenvalue weighted by Crippen LogP contribution is -2.29. The SMILES string of the molecule is CCCCCCCCNC1CCOC1. The van der Waals surface area contributed by atoms with E-state index in [1.54, 1.807) is 0 Å². The minimum Gasteiger partial charge on any atom is -0.380 e. The molecule has 0 aromatic carbocycles. The number of hydrogen-bond donors (Lipinski definition) is 1. The van der Waals surface area contributed by atoms with Gasteiger partial charge >= 0.3 is 0 Å². The molecular formula is C12H25NO. The normalized spacial score (nSPS) is 21.6. The molecule has 84 valence electrons. The second-order valence-corrected chi connectivity index (χ2v) is 4.28. The van der Waals surface area contributed by atoms with E-state index in [4.69, 9.17) is 4.74 Å². The monoisotopic (exact) mass is 199 g/mol. The number of ether oxygens (including phenoxy) is 1. The molecule has 2 heteroatoms. The summed E-state index contributed by atoms with van der Waals surface area (Å²) in [7, 11) is 0. The lowest BCUT2D eigenvalue weighted by Gasteiger charge is -2.09. The van der Waals surface area contributed by atoms with Crippen LogP contribution in [0.25, 0.3) is 0 Å². The molecule has 1 atom stereocenters. The van der Waals surface area contributed by atoms with Gasteiger partial charge in [0.1, 0.15) is 0 Å². The molecule has 0 amide bonds. The highest BCUT2D eigenvalue weighted by atomic mass is 16.5. The fraction of sp³-hybridized carbons (Fsp3) is 1.00. The Morgan fingerprint density at radius 3 is 2.64 bits per heavy atom. The first-order chi connectivity index (χ1) is 6.93. The van der Waals surface area contributed by atoms with E-state index in [2.05, 4.69) is 12.2 Å². The fourth-order valence-electron chi connectivity index (χ4n) is 1.91. The van der Waals surface area contributed by atoms with E-state index < -0.39 is 0 Å². The Hall–Kier alpha value is -0.0800. The topological polar surface area (TPSA) is 21.3 Å². The van der Waals surface area contributed by atoms with Gasteiger partial charge in [0.2, 0.25) is 0 Å². The highest BCUT2D eigenvalue weighted by Gasteiger charge is 2.13. The maximum absolute atomic E-state index is 5.30. The highest BCUT2D eigenvalue weighted by Crippen LogP contribution is 2.06. The Labute approximate surface area is 88.4 Å². The van der Waals surface area contributed by atoms with Crippen molar-refractivity contribution < 1.29 is 4.74 Å². The second-order valence-electron chi connectivity index (χ2n) is 4.28. The molecule has 1 aliphatic rings. The fourth-order valence-corrected chi connectivity index (χ4v) is 1.91. The molecule has 1 N–H and O–H groups in total. The summed E-state index contributed by atoms with van der Waals surface area (Å²) in [6.45, 7) is 5.33. The van der Waals surface area contributed by atoms with E-state index in [9.17, 15) is 0 Å². The van der Waals surface area contributed by atoms with Crippen LogP contribution in [-0.2, 0) is 4.74 Å². The van der Waals surface area contributed by atoms with E-state index >= 15 is 0 Å². The number of hydrogen-bond acceptors (Lipinski definition) is 2. The van der Waals surface area contributed by atoms with E-state index in [1.165, 1.54) is 51.5 Å². The first-order valence-electron chi connectivity index (χ1n) is 6.24. The summed E-state index contributed by atoms with van der Waals surface area (Å²) in [5, 5.41) is 3.55. The van der Waals surface area contributed by atoms with Crippen molar-refractivity contribution in [2.75, 3.05) is 19.8 Å². The second kappa shape index (κ2) is 8.25. The molecule has 0 aromatic heterocycles. The summed E-state index contributed by atoms with van der Waals surface area (Å²) < 4.78 is 5.30. The Morgan fingerprint density at radius 1 is 1.14 bits per heavy atom. The van der Waals surface area contributed by atoms with Crippen LogP contribution in [-0.4, -0.2) is 25.8 Å². The van der Waals surface area contributed by atoms with Gasteiger partial charge in [0.25, 0.3) is 0 Å². The predicted octanol–water partition coefficient (Wildman–Crippen LogP) is 2.73. The van der Waals surface area contributed by atoms with Gasteiger partial charge in [0.15, 0.2) is 0 Å². The highest BCUT2D eigenvalue weighted by molar-refractivity contribution is 4.70. The zero-order valence-electron chi connectivity index (χ0n) is 9.56. The minimum absolute atomic E-state index is 0.644. The van der Waals surface area contributed by atoms with Crippen molar-refractivity contribution >= 4 is 0 Å². The Balaban J connectivity index is 1.75. The zero-order valence-corrected chi connectivity index (χ0v) is 9.56. The largest absolute Gasteiger partial charge is 0.380 e. The third-order valence-corrected chi connectivity index (χ3v) is 2.89. The molecule has 0 saturated carbocycles. The molecule has 14 heavy (non-hydrogen) atoms. The maximum Gasteiger partial charge on any atom is 0.0620 e. The lowest BCUT2D eigenvalue weighted by molar-refractivity contribution is 0.190. The molecular weight excluding hydrogens is 174 g/mol. The van der Waals surface area contributed by atoms with E-state index in [-0.39, 0.29) is 0 Å². The van der Waals surface area contributed by atoms with Gasteiger partial charge < -0.3 is 10.1 Å². The van der Waals surface area contributed by atoms with Crippen LogP contribution < -0.4 is 5.32 Å². The molecule has 0 aliphatic carbocycles. The van der Waals surface area contributed by atoms with Gasteiger partial charge in [-0.05, 0) is 19.4 Å². The maximum atomic E-state index is 5.30. The molecule has 0 spiro atoms. The van der Waals surface area contributed by atoms with Crippen LogP contribution in [0.2, 0.25) is 0 Å². The summed E-state index contributed by atoms with van der Waals surface area (Å²) in [4.78, 5) is 0. The van der Waals surface area contributed by atoms with Gasteiger partial charge in [-0.2, -0.15) is 0 Å². The van der Waals surface area contributed by atoms with Crippen molar-refractivity contribution in [1.29, 1.82) is 0 Å². The van der Waals surface area contributed by atoms with Crippen LogP contribution in [0.1, 0.15) is 51.9 Å². The third kappa shape index (κ3) is 5.61. The Morgan fingerprint density at radius 2 is 1.93 bits per heavy atom. The van der Waals surface area contributed by atoms with Crippen molar-refractivity contribution in [1.82, 2.24) is 5.32 Å². The van der Waals surface area contributed by atoms with E-state index in [1.807, 2.05) is 0 Å². The number of rotatable bonds is 8. The molecule has 2 nitrogen and oxygen atoms in total. The van der Waals surface area contributed by atoms with Crippen molar-refractivity contribution in [3.05, 3.63) is 0 Å². The van der Waals surface area contributed by atoms with Crippen molar-refractivity contribution in [2.24, 2.45) is 0 Å². The summed E-state index contributed by atoms with van der Waals surface area (Å²) in [5.41, 5.74) is 0. The predicted molar refractivity (Wildman–Crippen MR) is 60.6 cm³/mol. The number of nitrogens with one attached hydrogen (secondary N) is 1. The molecule has 1 unspecified atom stereocenters. The van der Waals surface area contributed by atoms with Gasteiger partial charge in [-0.25, -0.2) is 0 Å². The van der Waals surface area contributed by atoms with E-state index in [0.717, 1.165) is 13.2 Å². The van der Waals surface area contributed by atoms with Crippen LogP contribution >= 0.6 is 0 Å². The van der Waals surface area contributed by atoms with Crippen LogP contribution in [0.4, 0.5) is 0 Å². The van der Waals surface area contributed by atoms with E-state index in [0.29, 0.717) is 6.04 Å². The van der Waals surface area contributed by atoms with Crippen LogP contribution in [0, 0.1) is 0 Å². The third-order valence-electron chi connectivity index (χ3n) is 2.89. The van der Waals surface area contributed by atoms with Crippen molar-refractivity contribution in [2.45, 2.75) is 57.9 Å². The van der Waals surface area contributed by atoms with Gasteiger partial charge in [0.05, 0.1) is 6.61 Å². The lowest BCUT2D eigenvalue weighted by atomic mass is 10.1. The van der Waals surface area contributed by atoms with Crippen molar-refractivity contribution in [3.8, 4) is 0 Å². The van der Waals surface area contributed by atoms with Crippen LogP contribution in [0.15, 0.2) is 0 Å². The summed E-state index contributed by atoms with van der Waals surface area (Å²) >= 11 is 0. The molecule has 0 aromatic rings. The first kappa shape index (κ1) is 12.0. The zero-order chi connectivity index (χ0) is 10.1. The molecule has 1 rings (SSSR count). The minimum atomic E-state index is 0.644.